The Labute approximate surface area is 182 Å². The largest absolute Gasteiger partial charge is 0.477 e. The van der Waals surface area contributed by atoms with E-state index in [1.807, 2.05) is 42.7 Å². The molecule has 0 saturated carbocycles. The number of carbonyl (C=O) groups is 2. The highest BCUT2D eigenvalue weighted by atomic mass is 32.2. The van der Waals surface area contributed by atoms with E-state index in [4.69, 9.17) is 0 Å². The van der Waals surface area contributed by atoms with Crippen LogP contribution in [0.2, 0.25) is 0 Å². The Morgan fingerprint density at radius 3 is 2.87 bits per heavy atom. The number of β-lactam (4-membered cyclic amide) rings is 1. The van der Waals surface area contributed by atoms with Gasteiger partial charge >= 0.3 is 5.97 Å². The number of aliphatic hydroxyl groups is 1. The number of nitrogens with zero attached hydrogens (tertiary/aromatic N) is 3. The highest BCUT2D eigenvalue weighted by Gasteiger charge is 2.60. The monoisotopic (exact) mass is 449 g/mol. The second-order valence-corrected chi connectivity index (χ2v) is 10.7. The summed E-state index contributed by atoms with van der Waals surface area (Å²) < 4.78 is 4.16. The first kappa shape index (κ1) is 20.0. The van der Waals surface area contributed by atoms with Gasteiger partial charge in [-0.2, -0.15) is 4.40 Å². The Morgan fingerprint density at radius 2 is 2.23 bits per heavy atom. The Balaban J connectivity index is 1.57. The normalized spacial score (nSPS) is 29.6. The van der Waals surface area contributed by atoms with Gasteiger partial charge in [-0.3, -0.25) is 4.79 Å². The third kappa shape index (κ3) is 2.77. The highest BCUT2D eigenvalue weighted by molar-refractivity contribution is 8.00. The van der Waals surface area contributed by atoms with Crippen molar-refractivity contribution in [2.24, 2.45) is 18.9 Å². The Bertz CT molecular complexity index is 1080. The van der Waals surface area contributed by atoms with E-state index in [0.717, 1.165) is 29.2 Å². The number of thiazole rings is 1. The predicted molar refractivity (Wildman–Crippen MR) is 113 cm³/mol. The Hall–Kier alpha value is -1.88. The molecule has 30 heavy (non-hydrogen) atoms. The fourth-order valence-electron chi connectivity index (χ4n) is 5.04. The maximum absolute atomic E-state index is 12.6. The summed E-state index contributed by atoms with van der Waals surface area (Å²) in [4.78, 5) is 28.0. The molecule has 8 nitrogen and oxygen atoms in total. The average molecular weight is 450 g/mol. The van der Waals surface area contributed by atoms with Crippen LogP contribution < -0.4 is 9.88 Å². The molecule has 2 aromatic rings. The molecule has 0 bridgehead atoms. The molecular formula is C20H25N4O4S2+. The summed E-state index contributed by atoms with van der Waals surface area (Å²) in [5.41, 5.74) is 0.760. The van der Waals surface area contributed by atoms with Gasteiger partial charge in [-0.15, -0.1) is 0 Å². The molecule has 2 fully saturated rings. The van der Waals surface area contributed by atoms with Crippen molar-refractivity contribution >= 4 is 45.4 Å². The van der Waals surface area contributed by atoms with E-state index >= 15 is 0 Å². The van der Waals surface area contributed by atoms with Gasteiger partial charge in [0.1, 0.15) is 11.9 Å². The zero-order valence-electron chi connectivity index (χ0n) is 17.0. The van der Waals surface area contributed by atoms with Crippen LogP contribution in [0, 0.1) is 11.8 Å². The number of amides is 1. The maximum Gasteiger partial charge on any atom is 0.352 e. The van der Waals surface area contributed by atoms with Crippen LogP contribution in [0.15, 0.2) is 23.2 Å². The molecule has 2 saturated heterocycles. The number of aromatic nitrogens is 2. The van der Waals surface area contributed by atoms with E-state index in [0.29, 0.717) is 10.8 Å². The van der Waals surface area contributed by atoms with Crippen LogP contribution in [0.4, 0.5) is 0 Å². The second-order valence-electron chi connectivity index (χ2n) is 8.39. The molecule has 1 amide bonds. The summed E-state index contributed by atoms with van der Waals surface area (Å²) in [6.45, 7) is 5.59. The van der Waals surface area contributed by atoms with Gasteiger partial charge in [0.2, 0.25) is 22.1 Å². The van der Waals surface area contributed by atoms with Crippen molar-refractivity contribution in [3.8, 4) is 0 Å². The lowest BCUT2D eigenvalue weighted by molar-refractivity contribution is -0.705. The second kappa shape index (κ2) is 7.08. The molecule has 160 valence electrons. The summed E-state index contributed by atoms with van der Waals surface area (Å²) in [6, 6.07) is -0.297. The van der Waals surface area contributed by atoms with E-state index in [-0.39, 0.29) is 23.6 Å². The zero-order chi connectivity index (χ0) is 21.3. The SMILES string of the molecule is C[C@@H](O)[C@H]1C(=O)N2C(C(=O)O)=C(c3cn4c[n+](C)c(S[C@H]5CCNC5)c4s3)[C@H](C)[C@H]12. The average Bonchev–Trinajstić information content (AvgIpc) is 3.40. The number of fused-ring (bicyclic) bond motifs is 2. The van der Waals surface area contributed by atoms with E-state index < -0.39 is 18.0 Å². The first-order valence-electron chi connectivity index (χ1n) is 10.2. The summed E-state index contributed by atoms with van der Waals surface area (Å²) in [5, 5.41) is 25.1. The molecule has 10 heteroatoms. The lowest BCUT2D eigenvalue weighted by Gasteiger charge is -2.46. The van der Waals surface area contributed by atoms with Gasteiger partial charge in [0.15, 0.2) is 0 Å². The third-order valence-electron chi connectivity index (χ3n) is 6.43. The van der Waals surface area contributed by atoms with Crippen LogP contribution in [-0.4, -0.2) is 61.9 Å². The van der Waals surface area contributed by atoms with Crippen LogP contribution in [-0.2, 0) is 16.6 Å². The summed E-state index contributed by atoms with van der Waals surface area (Å²) in [5.74, 6) is -2.09. The number of carboxylic acid groups (broad SMARTS) is 1. The number of hydrogen-bond acceptors (Lipinski definition) is 6. The van der Waals surface area contributed by atoms with Gasteiger partial charge in [-0.05, 0) is 19.9 Å². The number of aliphatic hydroxyl groups excluding tert-OH is 1. The molecule has 0 spiro atoms. The molecule has 0 radical (unpaired) electrons. The van der Waals surface area contributed by atoms with E-state index in [1.165, 1.54) is 9.93 Å². The Kier molecular flexibility index (Phi) is 4.73. The fourth-order valence-corrected chi connectivity index (χ4v) is 7.68. The molecule has 5 atom stereocenters. The van der Waals surface area contributed by atoms with Gasteiger partial charge in [-0.1, -0.05) is 30.0 Å². The molecule has 3 aliphatic rings. The summed E-state index contributed by atoms with van der Waals surface area (Å²) in [6.07, 6.45) is 4.32. The number of carboxylic acids is 1. The standard InChI is InChI=1S/C20H24N4O4S2/c1-9-13(16(20(27)28)24-15(9)14(10(2)25)17(24)26)12-7-23-8-22(3)18(19(23)30-12)29-11-4-5-21-6-11/h7-11,14-15,21,25H,4-6H2,1-3H3/p+1/t9-,10+,11-,14+,15+/m0/s1. The molecule has 5 heterocycles. The van der Waals surface area contributed by atoms with Crippen molar-refractivity contribution in [1.82, 2.24) is 14.6 Å². The number of imidazole rings is 1. The number of hydrogen-bond donors (Lipinski definition) is 3. The number of thioether (sulfide) groups is 1. The summed E-state index contributed by atoms with van der Waals surface area (Å²) >= 11 is 3.43. The molecule has 0 aliphatic carbocycles. The maximum atomic E-state index is 12.6. The predicted octanol–water partition coefficient (Wildman–Crippen LogP) is 0.932. The molecule has 5 rings (SSSR count). The van der Waals surface area contributed by atoms with E-state index in [2.05, 4.69) is 9.88 Å². The van der Waals surface area contributed by atoms with Gasteiger partial charge in [0, 0.05) is 23.3 Å². The molecule has 2 aromatic heterocycles. The van der Waals surface area contributed by atoms with Crippen molar-refractivity contribution in [2.75, 3.05) is 13.1 Å². The van der Waals surface area contributed by atoms with E-state index in [9.17, 15) is 19.8 Å². The Morgan fingerprint density at radius 1 is 1.47 bits per heavy atom. The molecule has 3 N–H and O–H groups in total. The highest BCUT2D eigenvalue weighted by Crippen LogP contribution is 2.51. The minimum Gasteiger partial charge on any atom is -0.477 e. The number of rotatable bonds is 5. The van der Waals surface area contributed by atoms with Crippen LogP contribution in [0.5, 0.6) is 0 Å². The fraction of sp³-hybridized carbons (Fsp3) is 0.550. The van der Waals surface area contributed by atoms with Crippen molar-refractivity contribution in [3.05, 3.63) is 23.1 Å². The van der Waals surface area contributed by atoms with Gasteiger partial charge in [0.05, 0.1) is 30.0 Å². The van der Waals surface area contributed by atoms with Gasteiger partial charge < -0.3 is 20.4 Å². The van der Waals surface area contributed by atoms with Crippen molar-refractivity contribution in [2.45, 2.75) is 42.7 Å². The lowest BCUT2D eigenvalue weighted by atomic mass is 9.77. The van der Waals surface area contributed by atoms with Crippen LogP contribution in [0.3, 0.4) is 0 Å². The third-order valence-corrected chi connectivity index (χ3v) is 9.14. The number of nitrogens with one attached hydrogen (secondary N) is 1. The summed E-state index contributed by atoms with van der Waals surface area (Å²) in [7, 11) is 2.03. The van der Waals surface area contributed by atoms with Crippen LogP contribution >= 0.6 is 23.1 Å². The van der Waals surface area contributed by atoms with Crippen molar-refractivity contribution < 1.29 is 24.4 Å². The smallest absolute Gasteiger partial charge is 0.352 e. The lowest BCUT2D eigenvalue weighted by Crippen LogP contribution is -2.63. The molecule has 3 aliphatic heterocycles. The molecule has 0 aromatic carbocycles. The number of aliphatic carboxylic acids is 1. The number of aryl methyl sites for hydroxylation is 1. The quantitative estimate of drug-likeness (QED) is 0.464. The number of carbonyl (C=O) groups excluding carboxylic acids is 1. The van der Waals surface area contributed by atoms with Crippen LogP contribution in [0.1, 0.15) is 25.1 Å². The van der Waals surface area contributed by atoms with E-state index in [1.54, 1.807) is 18.3 Å². The van der Waals surface area contributed by atoms with Crippen molar-refractivity contribution in [1.29, 1.82) is 0 Å². The first-order valence-corrected chi connectivity index (χ1v) is 11.9. The minimum absolute atomic E-state index is 0.0671. The first-order chi connectivity index (χ1) is 14.3. The minimum atomic E-state index is -1.09. The van der Waals surface area contributed by atoms with Crippen LogP contribution in [0.25, 0.3) is 10.4 Å². The zero-order valence-corrected chi connectivity index (χ0v) is 18.7. The molecular weight excluding hydrogens is 424 g/mol. The molecule has 0 unspecified atom stereocenters. The van der Waals surface area contributed by atoms with Gasteiger partial charge in [0.25, 0.3) is 0 Å². The topological polar surface area (TPSA) is 98.2 Å². The van der Waals surface area contributed by atoms with Gasteiger partial charge in [-0.25, -0.2) is 9.36 Å². The van der Waals surface area contributed by atoms with Crippen molar-refractivity contribution in [3.63, 3.8) is 0 Å².